The first kappa shape index (κ1) is 13.0. The summed E-state index contributed by atoms with van der Waals surface area (Å²) < 4.78 is 0. The van der Waals surface area contributed by atoms with Crippen molar-refractivity contribution in [2.24, 2.45) is 5.92 Å². The molecule has 0 amide bonds. The van der Waals surface area contributed by atoms with Gasteiger partial charge in [0.05, 0.1) is 11.9 Å². The lowest BCUT2D eigenvalue weighted by molar-refractivity contribution is 0.584. The average molecular weight is 221 g/mol. The maximum Gasteiger partial charge on any atom is 0.0595 e. The van der Waals surface area contributed by atoms with Crippen molar-refractivity contribution in [3.05, 3.63) is 24.0 Å². The predicted octanol–water partition coefficient (Wildman–Crippen LogP) is 2.28. The predicted molar refractivity (Wildman–Crippen MR) is 69.7 cm³/mol. The van der Waals surface area contributed by atoms with E-state index in [0.29, 0.717) is 0 Å². The Kier molecular flexibility index (Phi) is 5.26. The lowest BCUT2D eigenvalue weighted by Crippen LogP contribution is -2.22. The summed E-state index contributed by atoms with van der Waals surface area (Å²) in [5.74, 6) is 0.742. The molecule has 16 heavy (non-hydrogen) atoms. The molecule has 0 radical (unpaired) electrons. The Bertz CT molecular complexity index is 310. The third kappa shape index (κ3) is 3.81. The van der Waals surface area contributed by atoms with Crippen molar-refractivity contribution in [2.75, 3.05) is 25.5 Å². The highest BCUT2D eigenvalue weighted by Crippen LogP contribution is 2.18. The van der Waals surface area contributed by atoms with Gasteiger partial charge >= 0.3 is 0 Å². The minimum Gasteiger partial charge on any atom is -0.373 e. The third-order valence-electron chi connectivity index (χ3n) is 2.71. The van der Waals surface area contributed by atoms with E-state index in [2.05, 4.69) is 42.2 Å². The van der Waals surface area contributed by atoms with E-state index in [-0.39, 0.29) is 0 Å². The first-order valence-electron chi connectivity index (χ1n) is 5.93. The number of hydrogen-bond donors (Lipinski definition) is 1. The summed E-state index contributed by atoms with van der Waals surface area (Å²) in [7, 11) is 4.11. The smallest absolute Gasteiger partial charge is 0.0595 e. The molecule has 90 valence electrons. The Labute approximate surface area is 98.9 Å². The van der Waals surface area contributed by atoms with Gasteiger partial charge in [0.1, 0.15) is 0 Å². The number of anilines is 1. The number of pyridine rings is 1. The highest BCUT2D eigenvalue weighted by atomic mass is 15.1. The normalized spacial score (nSPS) is 10.8. The fourth-order valence-corrected chi connectivity index (χ4v) is 1.67. The Morgan fingerprint density at radius 1 is 1.44 bits per heavy atom. The van der Waals surface area contributed by atoms with Crippen LogP contribution in [-0.2, 0) is 6.54 Å². The van der Waals surface area contributed by atoms with E-state index >= 15 is 0 Å². The summed E-state index contributed by atoms with van der Waals surface area (Å²) in [5.41, 5.74) is 2.54. The zero-order valence-electron chi connectivity index (χ0n) is 10.8. The van der Waals surface area contributed by atoms with Crippen molar-refractivity contribution in [3.63, 3.8) is 0 Å². The number of hydrogen-bond acceptors (Lipinski definition) is 3. The molecule has 0 saturated heterocycles. The van der Waals surface area contributed by atoms with Crippen molar-refractivity contribution in [3.8, 4) is 0 Å². The van der Waals surface area contributed by atoms with Crippen LogP contribution in [0.2, 0.25) is 0 Å². The molecule has 0 aromatic carbocycles. The molecule has 1 N–H and O–H groups in total. The largest absolute Gasteiger partial charge is 0.373 e. The molecule has 0 fully saturated rings. The fraction of sp³-hybridized carbons (Fsp3) is 0.615. The van der Waals surface area contributed by atoms with E-state index in [0.717, 1.165) is 19.0 Å². The standard InChI is InChI=1S/C13H23N3/c1-11(2)6-8-16(4)13-10-15-7-5-12(13)9-14-3/h5,7,10-11,14H,6,8-9H2,1-4H3. The summed E-state index contributed by atoms with van der Waals surface area (Å²) in [6.07, 6.45) is 5.02. The Morgan fingerprint density at radius 2 is 2.19 bits per heavy atom. The summed E-state index contributed by atoms with van der Waals surface area (Å²) in [6.45, 7) is 6.49. The molecule has 3 heteroatoms. The molecule has 0 aliphatic rings. The zero-order valence-corrected chi connectivity index (χ0v) is 10.8. The van der Waals surface area contributed by atoms with Crippen LogP contribution in [0.15, 0.2) is 18.5 Å². The molecule has 3 nitrogen and oxygen atoms in total. The lowest BCUT2D eigenvalue weighted by Gasteiger charge is -2.22. The van der Waals surface area contributed by atoms with Gasteiger partial charge in [0.25, 0.3) is 0 Å². The minimum atomic E-state index is 0.742. The van der Waals surface area contributed by atoms with Crippen molar-refractivity contribution in [2.45, 2.75) is 26.8 Å². The van der Waals surface area contributed by atoms with Crippen LogP contribution in [-0.4, -0.2) is 25.6 Å². The highest BCUT2D eigenvalue weighted by Gasteiger charge is 2.07. The molecule has 0 atom stereocenters. The lowest BCUT2D eigenvalue weighted by atomic mass is 10.1. The molecule has 0 aliphatic heterocycles. The summed E-state index contributed by atoms with van der Waals surface area (Å²) in [4.78, 5) is 6.50. The van der Waals surface area contributed by atoms with Crippen molar-refractivity contribution in [1.29, 1.82) is 0 Å². The van der Waals surface area contributed by atoms with Crippen LogP contribution in [0.4, 0.5) is 5.69 Å². The monoisotopic (exact) mass is 221 g/mol. The first-order chi connectivity index (χ1) is 7.65. The molecule has 0 saturated carbocycles. The SMILES string of the molecule is CNCc1ccncc1N(C)CCC(C)C. The molecule has 1 rings (SSSR count). The number of rotatable bonds is 6. The van der Waals surface area contributed by atoms with Crippen LogP contribution in [0, 0.1) is 5.92 Å². The van der Waals surface area contributed by atoms with Gasteiger partial charge < -0.3 is 10.2 Å². The molecular weight excluding hydrogens is 198 g/mol. The van der Waals surface area contributed by atoms with E-state index in [1.54, 1.807) is 0 Å². The van der Waals surface area contributed by atoms with Gasteiger partial charge in [-0.3, -0.25) is 4.98 Å². The molecule has 1 aromatic heterocycles. The van der Waals surface area contributed by atoms with E-state index in [4.69, 9.17) is 0 Å². The van der Waals surface area contributed by atoms with Gasteiger partial charge in [-0.05, 0) is 31.0 Å². The van der Waals surface area contributed by atoms with Gasteiger partial charge in [-0.15, -0.1) is 0 Å². The number of nitrogens with zero attached hydrogens (tertiary/aromatic N) is 2. The topological polar surface area (TPSA) is 28.2 Å². The van der Waals surface area contributed by atoms with Gasteiger partial charge in [0.2, 0.25) is 0 Å². The van der Waals surface area contributed by atoms with Gasteiger partial charge in [0, 0.05) is 26.3 Å². The average Bonchev–Trinajstić information content (AvgIpc) is 2.27. The molecule has 1 heterocycles. The van der Waals surface area contributed by atoms with Gasteiger partial charge in [-0.1, -0.05) is 13.8 Å². The van der Waals surface area contributed by atoms with Gasteiger partial charge in [-0.2, -0.15) is 0 Å². The van der Waals surface area contributed by atoms with Crippen LogP contribution in [0.5, 0.6) is 0 Å². The Balaban J connectivity index is 2.69. The minimum absolute atomic E-state index is 0.742. The Hall–Kier alpha value is -1.09. The summed E-state index contributed by atoms with van der Waals surface area (Å²) >= 11 is 0. The van der Waals surface area contributed by atoms with Crippen LogP contribution >= 0.6 is 0 Å². The molecule has 0 unspecified atom stereocenters. The molecule has 1 aromatic rings. The van der Waals surface area contributed by atoms with Crippen LogP contribution in [0.3, 0.4) is 0 Å². The third-order valence-corrected chi connectivity index (χ3v) is 2.71. The molecular formula is C13H23N3. The number of aromatic nitrogens is 1. The maximum absolute atomic E-state index is 4.21. The highest BCUT2D eigenvalue weighted by molar-refractivity contribution is 5.50. The number of nitrogens with one attached hydrogen (secondary N) is 1. The zero-order chi connectivity index (χ0) is 12.0. The van der Waals surface area contributed by atoms with Gasteiger partial charge in [0.15, 0.2) is 0 Å². The van der Waals surface area contributed by atoms with Crippen molar-refractivity contribution < 1.29 is 0 Å². The van der Waals surface area contributed by atoms with E-state index in [1.165, 1.54) is 17.7 Å². The molecule has 0 aliphatic carbocycles. The Morgan fingerprint density at radius 3 is 2.81 bits per heavy atom. The summed E-state index contributed by atoms with van der Waals surface area (Å²) in [6, 6.07) is 2.08. The van der Waals surface area contributed by atoms with E-state index in [1.807, 2.05) is 19.4 Å². The first-order valence-corrected chi connectivity index (χ1v) is 5.93. The van der Waals surface area contributed by atoms with Crippen molar-refractivity contribution in [1.82, 2.24) is 10.3 Å². The van der Waals surface area contributed by atoms with Crippen LogP contribution in [0.25, 0.3) is 0 Å². The quantitative estimate of drug-likeness (QED) is 0.799. The second-order valence-electron chi connectivity index (χ2n) is 4.64. The van der Waals surface area contributed by atoms with Crippen molar-refractivity contribution >= 4 is 5.69 Å². The van der Waals surface area contributed by atoms with E-state index in [9.17, 15) is 0 Å². The fourth-order valence-electron chi connectivity index (χ4n) is 1.67. The van der Waals surface area contributed by atoms with Crippen LogP contribution in [0.1, 0.15) is 25.8 Å². The van der Waals surface area contributed by atoms with Gasteiger partial charge in [-0.25, -0.2) is 0 Å². The second kappa shape index (κ2) is 6.48. The maximum atomic E-state index is 4.21. The molecule has 0 bridgehead atoms. The van der Waals surface area contributed by atoms with Crippen LogP contribution < -0.4 is 10.2 Å². The molecule has 0 spiro atoms. The van der Waals surface area contributed by atoms with E-state index < -0.39 is 0 Å². The second-order valence-corrected chi connectivity index (χ2v) is 4.64. The summed E-state index contributed by atoms with van der Waals surface area (Å²) in [5, 5.41) is 3.19.